The number of rotatable bonds is 9. The Labute approximate surface area is 205 Å². The summed E-state index contributed by atoms with van der Waals surface area (Å²) in [6, 6.07) is 8.86. The molecule has 2 unspecified atom stereocenters. The lowest BCUT2D eigenvalue weighted by molar-refractivity contribution is 0.519. The van der Waals surface area contributed by atoms with Gasteiger partial charge in [-0.1, -0.05) is 118 Å². The Morgan fingerprint density at radius 1 is 1.15 bits per heavy atom. The van der Waals surface area contributed by atoms with Gasteiger partial charge in [0.15, 0.2) is 0 Å². The minimum atomic E-state index is 0.526. The molecule has 0 radical (unpaired) electrons. The quantitative estimate of drug-likeness (QED) is 0.154. The minimum absolute atomic E-state index is 0.526. The molecule has 1 aromatic rings. The summed E-state index contributed by atoms with van der Waals surface area (Å²) in [7, 11) is 0. The SMILES string of the molecule is C=C(C)/C=C/CCCC.C=C1CC(C)C(C#CCCc2cccc(C(/C=C\CC)=C/C)c2)C1. The Morgan fingerprint density at radius 3 is 2.55 bits per heavy atom. The monoisotopic (exact) mass is 442 g/mol. The summed E-state index contributed by atoms with van der Waals surface area (Å²) in [5.74, 6) is 8.08. The van der Waals surface area contributed by atoms with Crippen molar-refractivity contribution in [3.63, 3.8) is 0 Å². The van der Waals surface area contributed by atoms with Gasteiger partial charge in [-0.15, -0.1) is 5.92 Å². The molecule has 2 atom stereocenters. The van der Waals surface area contributed by atoms with E-state index in [1.54, 1.807) is 0 Å². The zero-order valence-electron chi connectivity index (χ0n) is 21.9. The standard InChI is InChI=1S/C24H30.C9H16/c1-5-7-13-22(6-2)24-15-10-12-21(18-24)11-8-9-14-23-17-19(3)16-20(23)4;1-4-5-6-7-8-9(2)3/h6-7,10,12-13,15,18,20,23H,3,5,8,11,16-17H2,1-2,4H3;7-8H,2,4-6H2,1,3H3/b13-7-,22-6+;8-7+. The molecule has 0 heterocycles. The number of benzene rings is 1. The van der Waals surface area contributed by atoms with E-state index in [2.05, 4.69) is 107 Å². The summed E-state index contributed by atoms with van der Waals surface area (Å²) in [5, 5.41) is 0. The van der Waals surface area contributed by atoms with E-state index >= 15 is 0 Å². The molecule has 0 bridgehead atoms. The Bertz CT molecular complexity index is 878. The molecule has 0 nitrogen and oxygen atoms in total. The summed E-state index contributed by atoms with van der Waals surface area (Å²) in [6.45, 7) is 18.7. The molecule has 0 spiro atoms. The lowest BCUT2D eigenvalue weighted by Gasteiger charge is -2.06. The third-order valence-corrected chi connectivity index (χ3v) is 5.86. The van der Waals surface area contributed by atoms with Crippen LogP contribution in [-0.4, -0.2) is 0 Å². The third kappa shape index (κ3) is 12.3. The molecule has 1 fully saturated rings. The molecule has 0 saturated heterocycles. The summed E-state index contributed by atoms with van der Waals surface area (Å²) in [4.78, 5) is 0. The molecule has 1 saturated carbocycles. The maximum atomic E-state index is 4.11. The molecule has 0 aliphatic heterocycles. The van der Waals surface area contributed by atoms with E-state index in [1.165, 1.54) is 41.5 Å². The van der Waals surface area contributed by atoms with Gasteiger partial charge < -0.3 is 0 Å². The highest BCUT2D eigenvalue weighted by molar-refractivity contribution is 5.74. The molecular formula is C33H46. The van der Waals surface area contributed by atoms with E-state index in [9.17, 15) is 0 Å². The van der Waals surface area contributed by atoms with Gasteiger partial charge in [0.1, 0.15) is 0 Å². The van der Waals surface area contributed by atoms with Gasteiger partial charge in [-0.25, -0.2) is 0 Å². The van der Waals surface area contributed by atoms with Crippen LogP contribution >= 0.6 is 0 Å². The largest absolute Gasteiger partial charge is 0.103 e. The first-order valence-corrected chi connectivity index (χ1v) is 12.8. The average molecular weight is 443 g/mol. The van der Waals surface area contributed by atoms with Gasteiger partial charge in [0.05, 0.1) is 0 Å². The molecule has 1 aromatic carbocycles. The van der Waals surface area contributed by atoms with Crippen LogP contribution in [0.2, 0.25) is 0 Å². The maximum Gasteiger partial charge on any atom is 0.0268 e. The number of hydrogen-bond donors (Lipinski definition) is 0. The predicted octanol–water partition coefficient (Wildman–Crippen LogP) is 9.90. The van der Waals surface area contributed by atoms with Crippen molar-refractivity contribution in [1.29, 1.82) is 0 Å². The Morgan fingerprint density at radius 2 is 1.94 bits per heavy atom. The lowest BCUT2D eigenvalue weighted by Crippen LogP contribution is -1.99. The Kier molecular flexibility index (Phi) is 14.7. The van der Waals surface area contributed by atoms with Crippen molar-refractivity contribution in [3.05, 3.63) is 90.1 Å². The molecular weight excluding hydrogens is 396 g/mol. The number of hydrogen-bond acceptors (Lipinski definition) is 0. The van der Waals surface area contributed by atoms with E-state index in [1.807, 2.05) is 6.92 Å². The van der Waals surface area contributed by atoms with E-state index in [4.69, 9.17) is 0 Å². The lowest BCUT2D eigenvalue weighted by atomic mass is 9.98. The fraction of sp³-hybridized carbons (Fsp3) is 0.455. The van der Waals surface area contributed by atoms with Crippen LogP contribution in [0, 0.1) is 23.7 Å². The van der Waals surface area contributed by atoms with Crippen LogP contribution in [0.3, 0.4) is 0 Å². The second kappa shape index (κ2) is 17.0. The topological polar surface area (TPSA) is 0 Å². The fourth-order valence-electron chi connectivity index (χ4n) is 3.91. The molecule has 1 aliphatic carbocycles. The molecule has 1 aliphatic rings. The van der Waals surface area contributed by atoms with E-state index in [-0.39, 0.29) is 0 Å². The molecule has 0 N–H and O–H groups in total. The van der Waals surface area contributed by atoms with Gasteiger partial charge in [0, 0.05) is 12.3 Å². The van der Waals surface area contributed by atoms with Crippen LogP contribution in [0.25, 0.3) is 5.57 Å². The van der Waals surface area contributed by atoms with Crippen LogP contribution in [0.1, 0.15) is 90.7 Å². The smallest absolute Gasteiger partial charge is 0.0268 e. The molecule has 33 heavy (non-hydrogen) atoms. The number of unbranched alkanes of at least 4 members (excludes halogenated alkanes) is 2. The van der Waals surface area contributed by atoms with Gasteiger partial charge >= 0.3 is 0 Å². The first kappa shape index (κ1) is 28.5. The number of allylic oxidation sites excluding steroid dienone is 8. The Balaban J connectivity index is 0.000000513. The van der Waals surface area contributed by atoms with Crippen molar-refractivity contribution in [2.24, 2.45) is 11.8 Å². The molecule has 178 valence electrons. The second-order valence-electron chi connectivity index (χ2n) is 9.21. The maximum absolute atomic E-state index is 4.11. The average Bonchev–Trinajstić information content (AvgIpc) is 3.12. The molecule has 2 rings (SSSR count). The van der Waals surface area contributed by atoms with E-state index in [0.29, 0.717) is 11.8 Å². The van der Waals surface area contributed by atoms with Crippen molar-refractivity contribution in [2.45, 2.75) is 86.0 Å². The van der Waals surface area contributed by atoms with Crippen LogP contribution in [-0.2, 0) is 6.42 Å². The van der Waals surface area contributed by atoms with Crippen LogP contribution < -0.4 is 0 Å². The van der Waals surface area contributed by atoms with Crippen molar-refractivity contribution in [2.75, 3.05) is 0 Å². The zero-order valence-corrected chi connectivity index (χ0v) is 21.9. The molecule has 0 aromatic heterocycles. The highest BCUT2D eigenvalue weighted by Gasteiger charge is 2.23. The van der Waals surface area contributed by atoms with Crippen LogP contribution in [0.4, 0.5) is 0 Å². The third-order valence-electron chi connectivity index (χ3n) is 5.86. The number of aryl methyl sites for hydroxylation is 1. The van der Waals surface area contributed by atoms with Gasteiger partial charge in [0.2, 0.25) is 0 Å². The highest BCUT2D eigenvalue weighted by atomic mass is 14.3. The van der Waals surface area contributed by atoms with Crippen LogP contribution in [0.15, 0.2) is 78.9 Å². The van der Waals surface area contributed by atoms with Gasteiger partial charge in [-0.3, -0.25) is 0 Å². The zero-order chi connectivity index (χ0) is 24.5. The summed E-state index contributed by atoms with van der Waals surface area (Å²) in [5.41, 5.74) is 6.48. The molecule has 0 heteroatoms. The highest BCUT2D eigenvalue weighted by Crippen LogP contribution is 2.33. The first-order chi connectivity index (χ1) is 15.9. The minimum Gasteiger partial charge on any atom is -0.103 e. The van der Waals surface area contributed by atoms with E-state index < -0.39 is 0 Å². The van der Waals surface area contributed by atoms with Crippen molar-refractivity contribution >= 4 is 5.57 Å². The molecule has 0 amide bonds. The van der Waals surface area contributed by atoms with Crippen LogP contribution in [0.5, 0.6) is 0 Å². The Hall–Kier alpha value is -2.52. The summed E-state index contributed by atoms with van der Waals surface area (Å²) >= 11 is 0. The van der Waals surface area contributed by atoms with Gasteiger partial charge in [0.25, 0.3) is 0 Å². The van der Waals surface area contributed by atoms with E-state index in [0.717, 1.165) is 37.7 Å². The summed E-state index contributed by atoms with van der Waals surface area (Å²) < 4.78 is 0. The normalized spacial score (nSPS) is 18.2. The predicted molar refractivity (Wildman–Crippen MR) is 150 cm³/mol. The second-order valence-corrected chi connectivity index (χ2v) is 9.21. The first-order valence-electron chi connectivity index (χ1n) is 12.8. The van der Waals surface area contributed by atoms with Gasteiger partial charge in [-0.2, -0.15) is 0 Å². The van der Waals surface area contributed by atoms with Crippen molar-refractivity contribution in [3.8, 4) is 11.8 Å². The summed E-state index contributed by atoms with van der Waals surface area (Å²) in [6.07, 6.45) is 19.9. The van der Waals surface area contributed by atoms with Crippen molar-refractivity contribution in [1.82, 2.24) is 0 Å². The van der Waals surface area contributed by atoms with Crippen molar-refractivity contribution < 1.29 is 0 Å². The van der Waals surface area contributed by atoms with Gasteiger partial charge in [-0.05, 0) is 68.6 Å². The fourth-order valence-corrected chi connectivity index (χ4v) is 3.91.